The summed E-state index contributed by atoms with van der Waals surface area (Å²) in [6.45, 7) is 2.07. The standard InChI is InChI=1S/C15H12O/c1-11-6-5-9-13-14(10-16-15(11)13)12-7-3-2-4-8-12/h2-10H,1H3. The smallest absolute Gasteiger partial charge is 0.137 e. The summed E-state index contributed by atoms with van der Waals surface area (Å²) < 4.78 is 5.63. The molecule has 0 saturated carbocycles. The van der Waals surface area contributed by atoms with Gasteiger partial charge in [0.15, 0.2) is 0 Å². The van der Waals surface area contributed by atoms with Crippen LogP contribution in [0.1, 0.15) is 5.56 Å². The number of hydrogen-bond donors (Lipinski definition) is 0. The zero-order valence-electron chi connectivity index (χ0n) is 9.10. The van der Waals surface area contributed by atoms with E-state index in [1.807, 2.05) is 24.5 Å². The van der Waals surface area contributed by atoms with Crippen molar-refractivity contribution in [3.63, 3.8) is 0 Å². The van der Waals surface area contributed by atoms with Crippen LogP contribution >= 0.6 is 0 Å². The maximum atomic E-state index is 5.63. The van der Waals surface area contributed by atoms with Crippen molar-refractivity contribution in [3.8, 4) is 11.1 Å². The van der Waals surface area contributed by atoms with E-state index in [0.717, 1.165) is 5.58 Å². The third-order valence-corrected chi connectivity index (χ3v) is 2.88. The van der Waals surface area contributed by atoms with E-state index < -0.39 is 0 Å². The van der Waals surface area contributed by atoms with Crippen molar-refractivity contribution >= 4 is 11.0 Å². The molecule has 3 rings (SSSR count). The Labute approximate surface area is 94.3 Å². The number of benzene rings is 2. The molecule has 0 spiro atoms. The molecule has 0 bridgehead atoms. The van der Waals surface area contributed by atoms with Crippen LogP contribution in [0.15, 0.2) is 59.2 Å². The fraction of sp³-hybridized carbons (Fsp3) is 0.0667. The molecule has 0 aliphatic rings. The Hall–Kier alpha value is -2.02. The van der Waals surface area contributed by atoms with E-state index in [2.05, 4.69) is 37.3 Å². The number of rotatable bonds is 1. The summed E-state index contributed by atoms with van der Waals surface area (Å²) in [4.78, 5) is 0. The van der Waals surface area contributed by atoms with Crippen LogP contribution in [0, 0.1) is 6.92 Å². The van der Waals surface area contributed by atoms with Gasteiger partial charge < -0.3 is 4.42 Å². The first-order valence-corrected chi connectivity index (χ1v) is 5.38. The Morgan fingerprint density at radius 1 is 0.875 bits per heavy atom. The molecule has 0 radical (unpaired) electrons. The van der Waals surface area contributed by atoms with Crippen molar-refractivity contribution in [3.05, 3.63) is 60.4 Å². The fourth-order valence-corrected chi connectivity index (χ4v) is 2.04. The van der Waals surface area contributed by atoms with Crippen molar-refractivity contribution in [2.75, 3.05) is 0 Å². The van der Waals surface area contributed by atoms with Crippen LogP contribution in [-0.4, -0.2) is 0 Å². The van der Waals surface area contributed by atoms with Gasteiger partial charge >= 0.3 is 0 Å². The topological polar surface area (TPSA) is 13.1 Å². The van der Waals surface area contributed by atoms with Crippen molar-refractivity contribution in [2.45, 2.75) is 6.92 Å². The molecule has 0 N–H and O–H groups in total. The Bertz CT molecular complexity index is 620. The summed E-state index contributed by atoms with van der Waals surface area (Å²) in [6, 6.07) is 16.6. The number of para-hydroxylation sites is 1. The molecule has 0 atom stereocenters. The lowest BCUT2D eigenvalue weighted by Crippen LogP contribution is -1.75. The van der Waals surface area contributed by atoms with Gasteiger partial charge in [-0.2, -0.15) is 0 Å². The van der Waals surface area contributed by atoms with E-state index in [9.17, 15) is 0 Å². The highest BCUT2D eigenvalue weighted by Gasteiger charge is 2.08. The Morgan fingerprint density at radius 3 is 2.50 bits per heavy atom. The second-order valence-corrected chi connectivity index (χ2v) is 3.97. The summed E-state index contributed by atoms with van der Waals surface area (Å²) >= 11 is 0. The molecule has 3 aromatic rings. The van der Waals surface area contributed by atoms with Gasteiger partial charge in [-0.3, -0.25) is 0 Å². The number of aryl methyl sites for hydroxylation is 1. The second kappa shape index (κ2) is 3.53. The van der Waals surface area contributed by atoms with Crippen molar-refractivity contribution in [1.82, 2.24) is 0 Å². The minimum atomic E-state index is 0.987. The molecule has 2 aromatic carbocycles. The average Bonchev–Trinajstić information content (AvgIpc) is 2.75. The third-order valence-electron chi connectivity index (χ3n) is 2.88. The molecule has 16 heavy (non-hydrogen) atoms. The minimum absolute atomic E-state index is 0.987. The molecule has 1 heterocycles. The van der Waals surface area contributed by atoms with Crippen molar-refractivity contribution in [2.24, 2.45) is 0 Å². The summed E-state index contributed by atoms with van der Waals surface area (Å²) in [5.41, 5.74) is 4.53. The summed E-state index contributed by atoms with van der Waals surface area (Å²) in [5, 5.41) is 1.19. The average molecular weight is 208 g/mol. The largest absolute Gasteiger partial charge is 0.463 e. The Morgan fingerprint density at radius 2 is 1.69 bits per heavy atom. The first-order valence-electron chi connectivity index (χ1n) is 5.38. The van der Waals surface area contributed by atoms with Crippen LogP contribution < -0.4 is 0 Å². The van der Waals surface area contributed by atoms with Gasteiger partial charge in [0.2, 0.25) is 0 Å². The van der Waals surface area contributed by atoms with Crippen molar-refractivity contribution < 1.29 is 4.42 Å². The molecular formula is C15H12O. The van der Waals surface area contributed by atoms with Gasteiger partial charge in [0.1, 0.15) is 5.58 Å². The van der Waals surface area contributed by atoms with Gasteiger partial charge in [-0.05, 0) is 18.1 Å². The monoisotopic (exact) mass is 208 g/mol. The molecule has 0 aliphatic heterocycles. The number of hydrogen-bond acceptors (Lipinski definition) is 1. The maximum absolute atomic E-state index is 5.63. The summed E-state index contributed by atoms with van der Waals surface area (Å²) in [7, 11) is 0. The van der Waals surface area contributed by atoms with E-state index >= 15 is 0 Å². The first-order chi connectivity index (χ1) is 7.86. The predicted molar refractivity (Wildman–Crippen MR) is 66.4 cm³/mol. The zero-order valence-corrected chi connectivity index (χ0v) is 9.10. The lowest BCUT2D eigenvalue weighted by Gasteiger charge is -1.98. The maximum Gasteiger partial charge on any atom is 0.137 e. The molecule has 1 heteroatoms. The Kier molecular flexibility index (Phi) is 2.03. The van der Waals surface area contributed by atoms with E-state index in [1.54, 1.807) is 0 Å². The van der Waals surface area contributed by atoms with E-state index in [-0.39, 0.29) is 0 Å². The number of furan rings is 1. The van der Waals surface area contributed by atoms with Gasteiger partial charge in [0, 0.05) is 10.9 Å². The summed E-state index contributed by atoms with van der Waals surface area (Å²) in [5.74, 6) is 0. The highest BCUT2D eigenvalue weighted by atomic mass is 16.3. The minimum Gasteiger partial charge on any atom is -0.463 e. The molecular weight excluding hydrogens is 196 g/mol. The van der Waals surface area contributed by atoms with Gasteiger partial charge in [-0.25, -0.2) is 0 Å². The van der Waals surface area contributed by atoms with Crippen molar-refractivity contribution in [1.29, 1.82) is 0 Å². The van der Waals surface area contributed by atoms with Crippen LogP contribution in [-0.2, 0) is 0 Å². The van der Waals surface area contributed by atoms with E-state index in [0.29, 0.717) is 0 Å². The Balaban J connectivity index is 2.30. The second-order valence-electron chi connectivity index (χ2n) is 3.97. The van der Waals surface area contributed by atoms with Crippen LogP contribution in [0.4, 0.5) is 0 Å². The van der Waals surface area contributed by atoms with Crippen LogP contribution in [0.25, 0.3) is 22.1 Å². The number of fused-ring (bicyclic) bond motifs is 1. The molecule has 1 nitrogen and oxygen atoms in total. The molecule has 0 saturated heterocycles. The lowest BCUT2D eigenvalue weighted by atomic mass is 10.0. The van der Waals surface area contributed by atoms with Crippen LogP contribution in [0.3, 0.4) is 0 Å². The predicted octanol–water partition coefficient (Wildman–Crippen LogP) is 4.41. The molecule has 0 unspecified atom stereocenters. The van der Waals surface area contributed by atoms with Gasteiger partial charge in [0.25, 0.3) is 0 Å². The zero-order chi connectivity index (χ0) is 11.0. The van der Waals surface area contributed by atoms with E-state index in [1.165, 1.54) is 22.1 Å². The third kappa shape index (κ3) is 1.33. The highest BCUT2D eigenvalue weighted by Crippen LogP contribution is 2.31. The normalized spacial score (nSPS) is 10.8. The first kappa shape index (κ1) is 9.22. The molecule has 1 aromatic heterocycles. The van der Waals surface area contributed by atoms with Crippen LogP contribution in [0.2, 0.25) is 0 Å². The lowest BCUT2D eigenvalue weighted by molar-refractivity contribution is 0.614. The van der Waals surface area contributed by atoms with Crippen LogP contribution in [0.5, 0.6) is 0 Å². The molecule has 0 amide bonds. The SMILES string of the molecule is Cc1cccc2c(-c3ccccc3)coc12. The molecule has 78 valence electrons. The van der Waals surface area contributed by atoms with E-state index in [4.69, 9.17) is 4.42 Å². The highest BCUT2D eigenvalue weighted by molar-refractivity contribution is 5.95. The fourth-order valence-electron chi connectivity index (χ4n) is 2.04. The summed E-state index contributed by atoms with van der Waals surface area (Å²) in [6.07, 6.45) is 1.84. The van der Waals surface area contributed by atoms with Gasteiger partial charge in [0.05, 0.1) is 6.26 Å². The quantitative estimate of drug-likeness (QED) is 0.577. The molecule has 0 aliphatic carbocycles. The van der Waals surface area contributed by atoms with Gasteiger partial charge in [-0.1, -0.05) is 48.5 Å². The van der Waals surface area contributed by atoms with Gasteiger partial charge in [-0.15, -0.1) is 0 Å². The molecule has 0 fully saturated rings.